The van der Waals surface area contributed by atoms with E-state index in [4.69, 9.17) is 9.15 Å². The van der Waals surface area contributed by atoms with Crippen LogP contribution >= 0.6 is 0 Å². The van der Waals surface area contributed by atoms with Crippen LogP contribution in [0.25, 0.3) is 22.3 Å². The molecule has 3 fully saturated rings. The molecule has 0 spiro atoms. The monoisotopic (exact) mass is 380 g/mol. The van der Waals surface area contributed by atoms with Gasteiger partial charge in [-0.1, -0.05) is 0 Å². The summed E-state index contributed by atoms with van der Waals surface area (Å²) >= 11 is 0. The zero-order valence-corrected chi connectivity index (χ0v) is 16.4. The quantitative estimate of drug-likeness (QED) is 0.749. The number of ether oxygens (including phenoxy) is 1. The van der Waals surface area contributed by atoms with E-state index in [1.54, 1.807) is 20.0 Å². The van der Waals surface area contributed by atoms with Crippen LogP contribution in [0.5, 0.6) is 0 Å². The molecule has 1 atom stereocenters. The van der Waals surface area contributed by atoms with E-state index >= 15 is 0 Å². The summed E-state index contributed by atoms with van der Waals surface area (Å²) in [6, 6.07) is 3.68. The number of hydrogen-bond donors (Lipinski definition) is 1. The average Bonchev–Trinajstić information content (AvgIpc) is 3.34. The van der Waals surface area contributed by atoms with Crippen molar-refractivity contribution in [2.75, 3.05) is 6.61 Å². The fourth-order valence-corrected chi connectivity index (χ4v) is 4.71. The molecule has 0 radical (unpaired) electrons. The summed E-state index contributed by atoms with van der Waals surface area (Å²) in [5, 5.41) is 15.1. The first-order valence-corrected chi connectivity index (χ1v) is 9.78. The highest BCUT2D eigenvalue weighted by atomic mass is 16.5. The maximum atomic E-state index is 13.0. The van der Waals surface area contributed by atoms with Gasteiger partial charge < -0.3 is 14.3 Å². The van der Waals surface area contributed by atoms with E-state index in [9.17, 15) is 9.90 Å². The van der Waals surface area contributed by atoms with Crippen LogP contribution < -0.4 is 5.43 Å². The van der Waals surface area contributed by atoms with Crippen molar-refractivity contribution in [3.05, 3.63) is 51.4 Å². The van der Waals surface area contributed by atoms with Gasteiger partial charge in [-0.05, 0) is 57.2 Å². The minimum atomic E-state index is -0.728. The van der Waals surface area contributed by atoms with Crippen LogP contribution in [0.15, 0.2) is 33.7 Å². The van der Waals surface area contributed by atoms with Crippen molar-refractivity contribution in [2.45, 2.75) is 51.9 Å². The van der Waals surface area contributed by atoms with Gasteiger partial charge in [0.25, 0.3) is 0 Å². The molecule has 3 aliphatic rings. The molecule has 2 aromatic heterocycles. The van der Waals surface area contributed by atoms with Crippen LogP contribution in [0.4, 0.5) is 0 Å². The molecule has 0 amide bonds. The number of nitrogens with zero attached hydrogens (tertiary/aromatic N) is 2. The van der Waals surface area contributed by atoms with Gasteiger partial charge in [0.1, 0.15) is 11.3 Å². The summed E-state index contributed by atoms with van der Waals surface area (Å²) in [5.74, 6) is 1.21. The molecule has 6 nitrogen and oxygen atoms in total. The van der Waals surface area contributed by atoms with Crippen LogP contribution in [-0.2, 0) is 11.3 Å². The molecule has 2 saturated heterocycles. The van der Waals surface area contributed by atoms with Crippen molar-refractivity contribution in [2.24, 2.45) is 5.92 Å². The number of aliphatic hydroxyl groups excluding tert-OH is 1. The Morgan fingerprint density at radius 1 is 1.36 bits per heavy atom. The first kappa shape index (κ1) is 17.6. The summed E-state index contributed by atoms with van der Waals surface area (Å²) in [6.07, 6.45) is 5.12. The average molecular weight is 380 g/mol. The third kappa shape index (κ3) is 2.63. The number of fused-ring (bicyclic) bond motifs is 2. The highest BCUT2D eigenvalue weighted by molar-refractivity contribution is 5.84. The van der Waals surface area contributed by atoms with Gasteiger partial charge in [-0.15, -0.1) is 0 Å². The summed E-state index contributed by atoms with van der Waals surface area (Å²) < 4.78 is 14.0. The zero-order valence-electron chi connectivity index (χ0n) is 16.4. The van der Waals surface area contributed by atoms with Crippen molar-refractivity contribution >= 4 is 11.0 Å². The second-order valence-corrected chi connectivity index (χ2v) is 8.49. The van der Waals surface area contributed by atoms with E-state index in [1.807, 2.05) is 29.9 Å². The Hall–Kier alpha value is -2.44. The normalized spacial score (nSPS) is 24.5. The number of aromatic nitrogens is 2. The number of aliphatic hydroxyl groups is 1. The SMILES string of the molecule is Cc1cc([C@@H](C)O)c2oc(-c3cnn(CC45CC(CO4)C5)c3)c(C)c(=O)c2c1. The van der Waals surface area contributed by atoms with Crippen LogP contribution in [0.3, 0.4) is 0 Å². The molecular weight excluding hydrogens is 356 g/mol. The van der Waals surface area contributed by atoms with Gasteiger partial charge in [0.2, 0.25) is 0 Å². The standard InChI is InChI=1S/C22H24N2O4/c1-12-4-17(14(3)25)21-18(5-12)19(26)13(2)20(28-21)16-8-23-24(9-16)11-22-6-15(7-22)10-27-22/h4-5,8-9,14-15,25H,6-7,10-11H2,1-3H3/t14-,15?,22?/m1/s1. The first-order chi connectivity index (χ1) is 13.3. The van der Waals surface area contributed by atoms with Gasteiger partial charge in [-0.25, -0.2) is 0 Å². The predicted octanol–water partition coefficient (Wildman–Crippen LogP) is 3.51. The molecule has 1 saturated carbocycles. The van der Waals surface area contributed by atoms with Crippen LogP contribution in [0, 0.1) is 19.8 Å². The minimum Gasteiger partial charge on any atom is -0.455 e. The van der Waals surface area contributed by atoms with Crippen LogP contribution in [0.1, 0.15) is 42.6 Å². The number of benzene rings is 1. The summed E-state index contributed by atoms with van der Waals surface area (Å²) in [7, 11) is 0. The fraction of sp³-hybridized carbons (Fsp3) is 0.455. The zero-order chi connectivity index (χ0) is 19.6. The molecule has 3 aromatic rings. The third-order valence-electron chi connectivity index (χ3n) is 6.13. The lowest BCUT2D eigenvalue weighted by molar-refractivity contribution is -0.0163. The van der Waals surface area contributed by atoms with Crippen LogP contribution in [-0.4, -0.2) is 27.1 Å². The van der Waals surface area contributed by atoms with Gasteiger partial charge in [0.15, 0.2) is 5.43 Å². The second-order valence-electron chi connectivity index (χ2n) is 8.49. The van der Waals surface area contributed by atoms with Crippen molar-refractivity contribution in [3.63, 3.8) is 0 Å². The van der Waals surface area contributed by atoms with E-state index in [-0.39, 0.29) is 11.0 Å². The van der Waals surface area contributed by atoms with E-state index < -0.39 is 6.10 Å². The lowest BCUT2D eigenvalue weighted by Crippen LogP contribution is -2.40. The number of aryl methyl sites for hydroxylation is 1. The van der Waals surface area contributed by atoms with Gasteiger partial charge in [-0.2, -0.15) is 5.10 Å². The number of rotatable bonds is 4. The molecule has 1 N–H and O–H groups in total. The van der Waals surface area contributed by atoms with Gasteiger partial charge in [-0.3, -0.25) is 9.48 Å². The van der Waals surface area contributed by atoms with E-state index in [2.05, 4.69) is 5.10 Å². The highest BCUT2D eigenvalue weighted by Crippen LogP contribution is 2.49. The maximum Gasteiger partial charge on any atom is 0.196 e. The second kappa shape index (κ2) is 6.03. The number of hydrogen-bond acceptors (Lipinski definition) is 5. The molecule has 2 bridgehead atoms. The lowest BCUT2D eigenvalue weighted by atomic mass is 9.74. The Morgan fingerprint density at radius 2 is 2.14 bits per heavy atom. The maximum absolute atomic E-state index is 13.0. The van der Waals surface area contributed by atoms with Crippen molar-refractivity contribution in [1.82, 2.24) is 9.78 Å². The van der Waals surface area contributed by atoms with E-state index in [0.717, 1.165) is 37.1 Å². The smallest absolute Gasteiger partial charge is 0.196 e. The Morgan fingerprint density at radius 3 is 2.82 bits per heavy atom. The van der Waals surface area contributed by atoms with Crippen LogP contribution in [0.2, 0.25) is 0 Å². The van der Waals surface area contributed by atoms with Gasteiger partial charge in [0, 0.05) is 17.3 Å². The van der Waals surface area contributed by atoms with E-state index in [0.29, 0.717) is 33.8 Å². The third-order valence-corrected chi connectivity index (χ3v) is 6.13. The Labute approximate surface area is 162 Å². The Kier molecular flexibility index (Phi) is 3.80. The minimum absolute atomic E-state index is 0.0652. The molecule has 2 aliphatic heterocycles. The van der Waals surface area contributed by atoms with Gasteiger partial charge in [0.05, 0.1) is 42.0 Å². The van der Waals surface area contributed by atoms with Crippen molar-refractivity contribution < 1.29 is 14.3 Å². The van der Waals surface area contributed by atoms with Crippen molar-refractivity contribution in [3.8, 4) is 11.3 Å². The summed E-state index contributed by atoms with van der Waals surface area (Å²) in [4.78, 5) is 13.0. The molecule has 1 aromatic carbocycles. The molecule has 0 unspecified atom stereocenters. The summed E-state index contributed by atoms with van der Waals surface area (Å²) in [6.45, 7) is 6.94. The Balaban J connectivity index is 1.59. The highest BCUT2D eigenvalue weighted by Gasteiger charge is 2.52. The topological polar surface area (TPSA) is 77.5 Å². The molecule has 28 heavy (non-hydrogen) atoms. The lowest BCUT2D eigenvalue weighted by Gasteiger charge is -2.35. The largest absolute Gasteiger partial charge is 0.455 e. The molecule has 146 valence electrons. The fourth-order valence-electron chi connectivity index (χ4n) is 4.71. The van der Waals surface area contributed by atoms with Crippen molar-refractivity contribution in [1.29, 1.82) is 0 Å². The molecule has 6 heteroatoms. The molecule has 1 aliphatic carbocycles. The molecule has 6 rings (SSSR count). The predicted molar refractivity (Wildman–Crippen MR) is 105 cm³/mol. The Bertz CT molecular complexity index is 1130. The molecule has 4 heterocycles. The summed E-state index contributed by atoms with van der Waals surface area (Å²) in [5.41, 5.74) is 3.16. The first-order valence-electron chi connectivity index (χ1n) is 9.78. The van der Waals surface area contributed by atoms with Gasteiger partial charge >= 0.3 is 0 Å². The molecular formula is C22H24N2O4. The van der Waals surface area contributed by atoms with E-state index in [1.165, 1.54) is 0 Å².